The number of carbonyl (C=O) groups is 1. The number of likely N-dealkylation sites (tertiary alicyclic amines) is 1. The van der Waals surface area contributed by atoms with E-state index in [9.17, 15) is 4.79 Å². The van der Waals surface area contributed by atoms with Crippen LogP contribution in [0.15, 0.2) is 48.8 Å². The zero-order valence-electron chi connectivity index (χ0n) is 17.8. The van der Waals surface area contributed by atoms with Crippen LogP contribution in [0.1, 0.15) is 51.6 Å². The molecule has 1 aliphatic heterocycles. The maximum Gasteiger partial charge on any atom is 0.257 e. The van der Waals surface area contributed by atoms with Gasteiger partial charge in [0.2, 0.25) is 0 Å². The summed E-state index contributed by atoms with van der Waals surface area (Å²) in [6.45, 7) is 3.38. The Kier molecular flexibility index (Phi) is 5.84. The van der Waals surface area contributed by atoms with Gasteiger partial charge in [0.25, 0.3) is 5.91 Å². The Hall–Kier alpha value is -3.15. The van der Waals surface area contributed by atoms with Crippen molar-refractivity contribution in [2.24, 2.45) is 7.05 Å². The van der Waals surface area contributed by atoms with E-state index in [1.54, 1.807) is 11.8 Å². The molecule has 156 valence electrons. The van der Waals surface area contributed by atoms with Crippen LogP contribution in [0.2, 0.25) is 0 Å². The summed E-state index contributed by atoms with van der Waals surface area (Å²) >= 11 is 0. The van der Waals surface area contributed by atoms with E-state index in [0.29, 0.717) is 12.1 Å². The van der Waals surface area contributed by atoms with E-state index in [2.05, 4.69) is 29.4 Å². The van der Waals surface area contributed by atoms with Crippen LogP contribution in [0.3, 0.4) is 0 Å². The molecule has 1 aliphatic rings. The van der Waals surface area contributed by atoms with Crippen molar-refractivity contribution < 1.29 is 9.53 Å². The molecule has 4 rings (SSSR count). The van der Waals surface area contributed by atoms with Gasteiger partial charge >= 0.3 is 0 Å². The van der Waals surface area contributed by atoms with Gasteiger partial charge in [0, 0.05) is 44.1 Å². The van der Waals surface area contributed by atoms with Crippen molar-refractivity contribution in [3.63, 3.8) is 0 Å². The minimum Gasteiger partial charge on any atom is -0.497 e. The van der Waals surface area contributed by atoms with Gasteiger partial charge in [-0.1, -0.05) is 18.2 Å². The molecule has 6 nitrogen and oxygen atoms in total. The first kappa shape index (κ1) is 20.1. The summed E-state index contributed by atoms with van der Waals surface area (Å²) < 4.78 is 7.01. The number of hydrogen-bond acceptors (Lipinski definition) is 4. The minimum absolute atomic E-state index is 0.0694. The lowest BCUT2D eigenvalue weighted by Gasteiger charge is -2.32. The Morgan fingerprint density at radius 3 is 2.80 bits per heavy atom. The smallest absolute Gasteiger partial charge is 0.257 e. The van der Waals surface area contributed by atoms with Crippen molar-refractivity contribution in [1.29, 1.82) is 0 Å². The van der Waals surface area contributed by atoms with E-state index in [1.165, 1.54) is 11.1 Å². The number of benzene rings is 1. The van der Waals surface area contributed by atoms with Gasteiger partial charge in [0.05, 0.1) is 18.4 Å². The second kappa shape index (κ2) is 8.69. The maximum absolute atomic E-state index is 13.0. The summed E-state index contributed by atoms with van der Waals surface area (Å²) in [6.07, 6.45) is 6.63. The third-order valence-corrected chi connectivity index (χ3v) is 5.76. The molecule has 30 heavy (non-hydrogen) atoms. The van der Waals surface area contributed by atoms with Crippen LogP contribution in [0.25, 0.3) is 0 Å². The number of aromatic nitrogens is 3. The number of piperidine rings is 1. The zero-order chi connectivity index (χ0) is 21.1. The van der Waals surface area contributed by atoms with Crippen molar-refractivity contribution in [2.45, 2.75) is 32.1 Å². The number of hydrogen-bond donors (Lipinski definition) is 0. The van der Waals surface area contributed by atoms with Gasteiger partial charge in [-0.05, 0) is 55.5 Å². The molecular weight excluding hydrogens is 376 g/mol. The highest BCUT2D eigenvalue weighted by molar-refractivity contribution is 5.95. The maximum atomic E-state index is 13.0. The molecule has 0 N–H and O–H groups in total. The summed E-state index contributed by atoms with van der Waals surface area (Å²) in [5, 5.41) is 4.31. The van der Waals surface area contributed by atoms with E-state index in [4.69, 9.17) is 9.72 Å². The van der Waals surface area contributed by atoms with Crippen molar-refractivity contribution in [2.75, 3.05) is 20.2 Å². The van der Waals surface area contributed by atoms with Gasteiger partial charge < -0.3 is 9.64 Å². The van der Waals surface area contributed by atoms with Gasteiger partial charge in [-0.2, -0.15) is 5.10 Å². The van der Waals surface area contributed by atoms with Crippen molar-refractivity contribution in [3.05, 3.63) is 76.9 Å². The highest BCUT2D eigenvalue weighted by atomic mass is 16.5. The molecule has 0 spiro atoms. The Balaban J connectivity index is 1.43. The largest absolute Gasteiger partial charge is 0.497 e. The van der Waals surface area contributed by atoms with Gasteiger partial charge in [-0.15, -0.1) is 0 Å². The lowest BCUT2D eigenvalue weighted by atomic mass is 9.93. The van der Waals surface area contributed by atoms with Crippen LogP contribution < -0.4 is 4.74 Å². The van der Waals surface area contributed by atoms with E-state index < -0.39 is 0 Å². The first-order valence-corrected chi connectivity index (χ1v) is 10.4. The van der Waals surface area contributed by atoms with E-state index in [1.807, 2.05) is 43.4 Å². The standard InChI is InChI=1S/C24H28N4O2/c1-17-22(16-27(2)26-17)24(29)28-11-5-7-20(15-28)23-10-9-19(14-25-23)12-18-6-4-8-21(13-18)30-3/h4,6,8-10,13-14,16,20H,5,7,11-12,15H2,1-3H3/t20-/m1/s1. The second-order valence-corrected chi connectivity index (χ2v) is 8.01. The number of nitrogens with zero attached hydrogens (tertiary/aromatic N) is 4. The van der Waals surface area contributed by atoms with Gasteiger partial charge in [0.15, 0.2) is 0 Å². The van der Waals surface area contributed by atoms with Crippen LogP contribution in [-0.4, -0.2) is 45.8 Å². The molecule has 0 unspecified atom stereocenters. The lowest BCUT2D eigenvalue weighted by molar-refractivity contribution is 0.0705. The average molecular weight is 405 g/mol. The van der Waals surface area contributed by atoms with Crippen LogP contribution in [0, 0.1) is 6.92 Å². The summed E-state index contributed by atoms with van der Waals surface area (Å²) in [5.74, 6) is 1.21. The summed E-state index contributed by atoms with van der Waals surface area (Å²) in [5.41, 5.74) is 4.90. The average Bonchev–Trinajstić information content (AvgIpc) is 3.12. The molecule has 1 atom stereocenters. The molecule has 3 aromatic rings. The Morgan fingerprint density at radius 1 is 1.23 bits per heavy atom. The van der Waals surface area contributed by atoms with Gasteiger partial charge in [-0.25, -0.2) is 0 Å². The first-order valence-electron chi connectivity index (χ1n) is 10.4. The number of amides is 1. The number of rotatable bonds is 5. The number of aryl methyl sites for hydroxylation is 2. The molecule has 0 radical (unpaired) electrons. The van der Waals surface area contributed by atoms with Gasteiger partial charge in [-0.3, -0.25) is 14.5 Å². The molecule has 1 fully saturated rings. The molecule has 2 aromatic heterocycles. The normalized spacial score (nSPS) is 16.5. The zero-order valence-corrected chi connectivity index (χ0v) is 17.8. The summed E-state index contributed by atoms with van der Waals surface area (Å²) in [6, 6.07) is 12.4. The van der Waals surface area contributed by atoms with E-state index in [-0.39, 0.29) is 11.8 Å². The monoisotopic (exact) mass is 404 g/mol. The lowest BCUT2D eigenvalue weighted by Crippen LogP contribution is -2.39. The minimum atomic E-state index is 0.0694. The molecule has 0 aliphatic carbocycles. The molecule has 1 saturated heterocycles. The van der Waals surface area contributed by atoms with Crippen molar-refractivity contribution in [3.8, 4) is 5.75 Å². The third-order valence-electron chi connectivity index (χ3n) is 5.76. The summed E-state index contributed by atoms with van der Waals surface area (Å²) in [7, 11) is 3.53. The van der Waals surface area contributed by atoms with E-state index in [0.717, 1.165) is 42.9 Å². The topological polar surface area (TPSA) is 60.2 Å². The quantitative estimate of drug-likeness (QED) is 0.650. The predicted molar refractivity (Wildman–Crippen MR) is 116 cm³/mol. The molecule has 1 aromatic carbocycles. The fraction of sp³-hybridized carbons (Fsp3) is 0.375. The van der Waals surface area contributed by atoms with Crippen LogP contribution >= 0.6 is 0 Å². The van der Waals surface area contributed by atoms with Crippen LogP contribution in [0.5, 0.6) is 5.75 Å². The Bertz CT molecular complexity index is 1030. The van der Waals surface area contributed by atoms with E-state index >= 15 is 0 Å². The summed E-state index contributed by atoms with van der Waals surface area (Å²) in [4.78, 5) is 19.7. The van der Waals surface area contributed by atoms with Crippen molar-refractivity contribution in [1.82, 2.24) is 19.7 Å². The highest BCUT2D eigenvalue weighted by Crippen LogP contribution is 2.27. The first-order chi connectivity index (χ1) is 14.5. The number of pyridine rings is 1. The fourth-order valence-corrected chi connectivity index (χ4v) is 4.18. The Morgan fingerprint density at radius 2 is 2.10 bits per heavy atom. The second-order valence-electron chi connectivity index (χ2n) is 8.01. The Labute approximate surface area is 177 Å². The van der Waals surface area contributed by atoms with Gasteiger partial charge in [0.1, 0.15) is 5.75 Å². The molecule has 1 amide bonds. The highest BCUT2D eigenvalue weighted by Gasteiger charge is 2.27. The fourth-order valence-electron chi connectivity index (χ4n) is 4.18. The van der Waals surface area contributed by atoms with Crippen LogP contribution in [0.4, 0.5) is 0 Å². The number of carbonyl (C=O) groups excluding carboxylic acids is 1. The van der Waals surface area contributed by atoms with Crippen LogP contribution in [-0.2, 0) is 13.5 Å². The molecule has 0 saturated carbocycles. The predicted octanol–water partition coefficient (Wildman–Crippen LogP) is 3.74. The number of methoxy groups -OCH3 is 1. The molecule has 6 heteroatoms. The number of ether oxygens (including phenoxy) is 1. The molecule has 0 bridgehead atoms. The molecular formula is C24H28N4O2. The van der Waals surface area contributed by atoms with Crippen molar-refractivity contribution >= 4 is 5.91 Å². The SMILES string of the molecule is COc1cccc(Cc2ccc([C@@H]3CCCN(C(=O)c4cn(C)nc4C)C3)nc2)c1. The molecule has 3 heterocycles. The third kappa shape index (κ3) is 4.37.